The predicted octanol–water partition coefficient (Wildman–Crippen LogP) is 5.41. The lowest BCUT2D eigenvalue weighted by molar-refractivity contribution is -0.155. The lowest BCUT2D eigenvalue weighted by Gasteiger charge is -2.40. The molecular weight excluding hydrogens is 482 g/mol. The summed E-state index contributed by atoms with van der Waals surface area (Å²) in [5.41, 5.74) is 7.08. The van der Waals surface area contributed by atoms with Gasteiger partial charge in [0, 0.05) is 48.3 Å². The minimum absolute atomic E-state index is 0.252. The van der Waals surface area contributed by atoms with Crippen LogP contribution in [0.1, 0.15) is 53.9 Å². The molecule has 0 spiro atoms. The molecule has 3 atom stereocenters. The molecular formula is C28H33F4N5. The fourth-order valence-corrected chi connectivity index (χ4v) is 6.35. The summed E-state index contributed by atoms with van der Waals surface area (Å²) < 4.78 is 53.6. The van der Waals surface area contributed by atoms with Crippen molar-refractivity contribution in [2.75, 3.05) is 38.2 Å². The summed E-state index contributed by atoms with van der Waals surface area (Å²) >= 11 is 0. The summed E-state index contributed by atoms with van der Waals surface area (Å²) in [7, 11) is 0. The van der Waals surface area contributed by atoms with Crippen molar-refractivity contribution < 1.29 is 17.6 Å². The van der Waals surface area contributed by atoms with E-state index in [0.29, 0.717) is 18.5 Å². The fourth-order valence-electron chi connectivity index (χ4n) is 6.35. The first kappa shape index (κ1) is 24.7. The molecule has 2 N–H and O–H groups in total. The van der Waals surface area contributed by atoms with E-state index < -0.39 is 18.8 Å². The van der Waals surface area contributed by atoms with Gasteiger partial charge in [-0.05, 0) is 80.0 Å². The molecule has 0 unspecified atom stereocenters. The van der Waals surface area contributed by atoms with Crippen LogP contribution in [-0.4, -0.2) is 70.9 Å². The summed E-state index contributed by atoms with van der Waals surface area (Å²) in [5, 5.41) is 4.63. The average molecular weight is 516 g/mol. The molecule has 3 aromatic rings. The summed E-state index contributed by atoms with van der Waals surface area (Å²) in [5.74, 6) is 0. The van der Waals surface area contributed by atoms with E-state index in [2.05, 4.69) is 32.3 Å². The third-order valence-electron chi connectivity index (χ3n) is 8.27. The Kier molecular flexibility index (Phi) is 6.39. The van der Waals surface area contributed by atoms with Gasteiger partial charge in [-0.15, -0.1) is 0 Å². The van der Waals surface area contributed by atoms with E-state index >= 15 is 0 Å². The SMILES string of the molecule is C[C@H]1Cc2c([nH]c3cc4c(cc23)CC4)[C@H](c2ccc(N[C@H]3CCN(CCCF)C3)cn2)N1CC(F)(F)F. The van der Waals surface area contributed by atoms with Crippen LogP contribution in [0, 0.1) is 0 Å². The maximum absolute atomic E-state index is 13.7. The van der Waals surface area contributed by atoms with E-state index in [9.17, 15) is 17.6 Å². The van der Waals surface area contributed by atoms with Crippen molar-refractivity contribution in [3.05, 3.63) is 58.5 Å². The molecule has 0 amide bonds. The molecule has 6 rings (SSSR count). The van der Waals surface area contributed by atoms with E-state index in [1.807, 2.05) is 19.1 Å². The van der Waals surface area contributed by atoms with Crippen LogP contribution in [0.15, 0.2) is 30.5 Å². The lowest BCUT2D eigenvalue weighted by Crippen LogP contribution is -2.47. The third kappa shape index (κ3) is 4.83. The Morgan fingerprint density at radius 1 is 1.16 bits per heavy atom. The number of hydrogen-bond donors (Lipinski definition) is 2. The van der Waals surface area contributed by atoms with Gasteiger partial charge in [0.05, 0.1) is 36.8 Å². The topological polar surface area (TPSA) is 47.2 Å². The zero-order valence-electron chi connectivity index (χ0n) is 21.0. The molecule has 2 aliphatic heterocycles. The third-order valence-corrected chi connectivity index (χ3v) is 8.27. The largest absolute Gasteiger partial charge is 0.401 e. The Morgan fingerprint density at radius 2 is 1.97 bits per heavy atom. The highest BCUT2D eigenvalue weighted by molar-refractivity contribution is 5.87. The first-order valence-corrected chi connectivity index (χ1v) is 13.3. The highest BCUT2D eigenvalue weighted by atomic mass is 19.4. The summed E-state index contributed by atoms with van der Waals surface area (Å²) in [4.78, 5) is 12.0. The smallest absolute Gasteiger partial charge is 0.380 e. The van der Waals surface area contributed by atoms with Gasteiger partial charge in [-0.25, -0.2) is 0 Å². The molecule has 5 nitrogen and oxygen atoms in total. The van der Waals surface area contributed by atoms with E-state index in [4.69, 9.17) is 0 Å². The molecule has 3 aliphatic rings. The lowest BCUT2D eigenvalue weighted by atomic mass is 9.85. The van der Waals surface area contributed by atoms with Crippen molar-refractivity contribution in [1.29, 1.82) is 0 Å². The quantitative estimate of drug-likeness (QED) is 0.414. The Hall–Kier alpha value is -2.65. The number of hydrogen-bond acceptors (Lipinski definition) is 4. The second-order valence-corrected chi connectivity index (χ2v) is 10.9. The molecule has 2 aromatic heterocycles. The van der Waals surface area contributed by atoms with Gasteiger partial charge in [-0.1, -0.05) is 0 Å². The minimum Gasteiger partial charge on any atom is -0.380 e. The molecule has 1 aliphatic carbocycles. The van der Waals surface area contributed by atoms with Crippen LogP contribution in [0.2, 0.25) is 0 Å². The van der Waals surface area contributed by atoms with Gasteiger partial charge in [0.1, 0.15) is 0 Å². The molecule has 0 radical (unpaired) electrons. The molecule has 37 heavy (non-hydrogen) atoms. The van der Waals surface area contributed by atoms with Crippen LogP contribution in [-0.2, 0) is 19.3 Å². The van der Waals surface area contributed by atoms with Crippen molar-refractivity contribution in [1.82, 2.24) is 19.8 Å². The van der Waals surface area contributed by atoms with E-state index in [-0.39, 0.29) is 18.8 Å². The van der Waals surface area contributed by atoms with E-state index in [0.717, 1.165) is 66.7 Å². The Balaban J connectivity index is 1.29. The molecule has 9 heteroatoms. The fraction of sp³-hybridized carbons (Fsp3) is 0.536. The number of rotatable bonds is 7. The summed E-state index contributed by atoms with van der Waals surface area (Å²) in [6.45, 7) is 3.14. The average Bonchev–Trinajstić information content (AvgIpc) is 3.43. The zero-order chi connectivity index (χ0) is 25.7. The molecule has 1 fully saturated rings. The standard InChI is InChI=1S/C28H33F4N5/c1-17-11-23-22-12-18-3-4-19(18)13-25(22)35-26(23)27(37(17)16-28(30,31)32)24-6-5-20(14-33-24)34-21-7-10-36(15-21)9-2-8-29/h5-6,12-14,17,21,27,34-35H,2-4,7-11,15-16H2,1H3/t17-,21-,27-/m0/s1. The minimum atomic E-state index is -4.31. The molecule has 0 saturated carbocycles. The molecule has 1 aromatic carbocycles. The van der Waals surface area contributed by atoms with Crippen LogP contribution >= 0.6 is 0 Å². The van der Waals surface area contributed by atoms with Gasteiger partial charge in [-0.3, -0.25) is 14.3 Å². The maximum atomic E-state index is 13.7. The second kappa shape index (κ2) is 9.58. The number of fused-ring (bicyclic) bond motifs is 4. The highest BCUT2D eigenvalue weighted by Gasteiger charge is 2.42. The summed E-state index contributed by atoms with van der Waals surface area (Å²) in [6.07, 6.45) is 1.63. The van der Waals surface area contributed by atoms with E-state index in [1.54, 1.807) is 6.20 Å². The molecule has 198 valence electrons. The first-order valence-electron chi connectivity index (χ1n) is 13.3. The van der Waals surface area contributed by atoms with Gasteiger partial charge in [0.25, 0.3) is 0 Å². The van der Waals surface area contributed by atoms with Gasteiger partial charge in [0.15, 0.2) is 0 Å². The Morgan fingerprint density at radius 3 is 2.68 bits per heavy atom. The van der Waals surface area contributed by atoms with E-state index in [1.165, 1.54) is 16.0 Å². The predicted molar refractivity (Wildman–Crippen MR) is 137 cm³/mol. The van der Waals surface area contributed by atoms with Crippen molar-refractivity contribution in [3.8, 4) is 0 Å². The first-order chi connectivity index (χ1) is 17.8. The van der Waals surface area contributed by atoms with Crippen LogP contribution in [0.25, 0.3) is 10.9 Å². The number of nitrogens with zero attached hydrogens (tertiary/aromatic N) is 3. The summed E-state index contributed by atoms with van der Waals surface area (Å²) in [6, 6.07) is 7.54. The van der Waals surface area contributed by atoms with Crippen LogP contribution < -0.4 is 5.32 Å². The number of aromatic nitrogens is 2. The maximum Gasteiger partial charge on any atom is 0.401 e. The van der Waals surface area contributed by atoms with Crippen LogP contribution in [0.3, 0.4) is 0 Å². The second-order valence-electron chi connectivity index (χ2n) is 10.9. The van der Waals surface area contributed by atoms with Gasteiger partial charge in [-0.2, -0.15) is 13.2 Å². The van der Waals surface area contributed by atoms with Crippen molar-refractivity contribution in [3.63, 3.8) is 0 Å². The number of nitrogens with one attached hydrogen (secondary N) is 2. The highest BCUT2D eigenvalue weighted by Crippen LogP contribution is 2.43. The Labute approximate surface area is 214 Å². The van der Waals surface area contributed by atoms with Crippen molar-refractivity contribution in [2.45, 2.75) is 63.3 Å². The number of alkyl halides is 4. The number of H-pyrrole nitrogens is 1. The number of halogens is 4. The van der Waals surface area contributed by atoms with Crippen LogP contribution in [0.5, 0.6) is 0 Å². The normalized spacial score (nSPS) is 24.2. The number of aryl methyl sites for hydroxylation is 2. The monoisotopic (exact) mass is 515 g/mol. The zero-order valence-corrected chi connectivity index (χ0v) is 21.0. The molecule has 4 heterocycles. The van der Waals surface area contributed by atoms with Gasteiger partial charge >= 0.3 is 6.18 Å². The number of likely N-dealkylation sites (tertiary alicyclic amines) is 1. The van der Waals surface area contributed by atoms with Crippen molar-refractivity contribution >= 4 is 16.6 Å². The Bertz CT molecular complexity index is 1270. The molecule has 1 saturated heterocycles. The number of anilines is 1. The number of benzene rings is 1. The number of pyridine rings is 1. The molecule has 0 bridgehead atoms. The van der Waals surface area contributed by atoms with Crippen molar-refractivity contribution in [2.24, 2.45) is 0 Å². The van der Waals surface area contributed by atoms with Gasteiger partial charge in [0.2, 0.25) is 0 Å². The van der Waals surface area contributed by atoms with Crippen LogP contribution in [0.4, 0.5) is 23.2 Å². The van der Waals surface area contributed by atoms with Gasteiger partial charge < -0.3 is 15.2 Å². The number of aromatic amines is 1.